The number of rotatable bonds is 2. The Morgan fingerprint density at radius 2 is 2.00 bits per heavy atom. The lowest BCUT2D eigenvalue weighted by atomic mass is 10.3. The van der Waals surface area contributed by atoms with Crippen molar-refractivity contribution in [2.24, 2.45) is 0 Å². The average Bonchev–Trinajstić information content (AvgIpc) is 2.29. The van der Waals surface area contributed by atoms with Crippen molar-refractivity contribution in [3.05, 3.63) is 57.8 Å². The van der Waals surface area contributed by atoms with Gasteiger partial charge in [0.05, 0.1) is 0 Å². The van der Waals surface area contributed by atoms with Crippen molar-refractivity contribution in [3.63, 3.8) is 0 Å². The Morgan fingerprint density at radius 1 is 1.24 bits per heavy atom. The molecule has 3 nitrogen and oxygen atoms in total. The summed E-state index contributed by atoms with van der Waals surface area (Å²) in [6.45, 7) is 0. The molecular weight excluding hydrogens is 304 g/mol. The molecule has 0 atom stereocenters. The van der Waals surface area contributed by atoms with Crippen LogP contribution < -0.4 is 5.32 Å². The van der Waals surface area contributed by atoms with Gasteiger partial charge in [0.15, 0.2) is 0 Å². The van der Waals surface area contributed by atoms with Gasteiger partial charge >= 0.3 is 0 Å². The van der Waals surface area contributed by atoms with Crippen LogP contribution in [0.15, 0.2) is 46.9 Å². The van der Waals surface area contributed by atoms with E-state index >= 15 is 0 Å². The van der Waals surface area contributed by atoms with Gasteiger partial charge in [-0.3, -0.25) is 4.79 Å². The standard InChI is InChI=1S/C12H8BrClN2O/c13-8-3-1-4-9(7-8)15-12(17)10-5-2-6-11(14)16-10/h1-7H,(H,15,17). The smallest absolute Gasteiger partial charge is 0.274 e. The van der Waals surface area contributed by atoms with Gasteiger partial charge in [-0.05, 0) is 30.3 Å². The Hall–Kier alpha value is -1.39. The van der Waals surface area contributed by atoms with E-state index in [9.17, 15) is 4.79 Å². The molecule has 0 radical (unpaired) electrons. The Morgan fingerprint density at radius 3 is 2.71 bits per heavy atom. The van der Waals surface area contributed by atoms with Crippen molar-refractivity contribution < 1.29 is 4.79 Å². The van der Waals surface area contributed by atoms with Gasteiger partial charge in [0, 0.05) is 10.2 Å². The highest BCUT2D eigenvalue weighted by atomic mass is 79.9. The summed E-state index contributed by atoms with van der Waals surface area (Å²) in [7, 11) is 0. The third kappa shape index (κ3) is 3.28. The maximum Gasteiger partial charge on any atom is 0.274 e. The Balaban J connectivity index is 2.17. The van der Waals surface area contributed by atoms with Crippen LogP contribution in [0.1, 0.15) is 10.5 Å². The number of hydrogen-bond acceptors (Lipinski definition) is 2. The van der Waals surface area contributed by atoms with Crippen LogP contribution in [0.4, 0.5) is 5.69 Å². The van der Waals surface area contributed by atoms with E-state index in [1.54, 1.807) is 24.3 Å². The molecule has 0 fully saturated rings. The lowest BCUT2D eigenvalue weighted by molar-refractivity contribution is 0.102. The maximum atomic E-state index is 11.8. The first kappa shape index (κ1) is 12.1. The highest BCUT2D eigenvalue weighted by Crippen LogP contribution is 2.16. The van der Waals surface area contributed by atoms with E-state index < -0.39 is 0 Å². The largest absolute Gasteiger partial charge is 0.321 e. The van der Waals surface area contributed by atoms with E-state index in [1.165, 1.54) is 0 Å². The van der Waals surface area contributed by atoms with E-state index in [0.717, 1.165) is 4.47 Å². The number of amides is 1. The minimum atomic E-state index is -0.286. The van der Waals surface area contributed by atoms with Crippen molar-refractivity contribution >= 4 is 39.1 Å². The first-order valence-electron chi connectivity index (χ1n) is 4.84. The zero-order valence-electron chi connectivity index (χ0n) is 8.65. The van der Waals surface area contributed by atoms with E-state index in [2.05, 4.69) is 26.2 Å². The highest BCUT2D eigenvalue weighted by Gasteiger charge is 2.07. The van der Waals surface area contributed by atoms with E-state index in [-0.39, 0.29) is 11.6 Å². The van der Waals surface area contributed by atoms with Crippen LogP contribution in [-0.2, 0) is 0 Å². The molecule has 0 saturated heterocycles. The Bertz CT molecular complexity index is 560. The van der Waals surface area contributed by atoms with Gasteiger partial charge in [0.1, 0.15) is 10.8 Å². The molecule has 1 amide bonds. The van der Waals surface area contributed by atoms with E-state index in [0.29, 0.717) is 10.8 Å². The van der Waals surface area contributed by atoms with Gasteiger partial charge in [-0.15, -0.1) is 0 Å². The number of carbonyl (C=O) groups excluding carboxylic acids is 1. The maximum absolute atomic E-state index is 11.8. The third-order valence-corrected chi connectivity index (χ3v) is 2.73. The van der Waals surface area contributed by atoms with Crippen LogP contribution >= 0.6 is 27.5 Å². The van der Waals surface area contributed by atoms with Crippen LogP contribution in [0, 0.1) is 0 Å². The van der Waals surface area contributed by atoms with Gasteiger partial charge in [-0.1, -0.05) is 39.7 Å². The first-order valence-corrected chi connectivity index (χ1v) is 6.02. The van der Waals surface area contributed by atoms with Gasteiger partial charge in [-0.25, -0.2) is 4.98 Å². The zero-order chi connectivity index (χ0) is 12.3. The summed E-state index contributed by atoms with van der Waals surface area (Å²) in [5.74, 6) is -0.286. The second-order valence-corrected chi connectivity index (χ2v) is 4.61. The molecule has 0 aliphatic rings. The zero-order valence-corrected chi connectivity index (χ0v) is 11.0. The quantitative estimate of drug-likeness (QED) is 0.858. The SMILES string of the molecule is O=C(Nc1cccc(Br)c1)c1cccc(Cl)n1. The average molecular weight is 312 g/mol. The van der Waals surface area contributed by atoms with E-state index in [1.807, 2.05) is 18.2 Å². The van der Waals surface area contributed by atoms with Crippen molar-refractivity contribution in [1.29, 1.82) is 0 Å². The van der Waals surface area contributed by atoms with Gasteiger partial charge in [-0.2, -0.15) is 0 Å². The molecule has 0 spiro atoms. The minimum absolute atomic E-state index is 0.286. The number of anilines is 1. The molecule has 0 bridgehead atoms. The number of nitrogens with zero attached hydrogens (tertiary/aromatic N) is 1. The van der Waals surface area contributed by atoms with Crippen LogP contribution in [0.25, 0.3) is 0 Å². The number of carbonyl (C=O) groups is 1. The summed E-state index contributed by atoms with van der Waals surface area (Å²) in [5, 5.41) is 3.03. The van der Waals surface area contributed by atoms with E-state index in [4.69, 9.17) is 11.6 Å². The van der Waals surface area contributed by atoms with Crippen molar-refractivity contribution in [2.45, 2.75) is 0 Å². The second kappa shape index (κ2) is 5.29. The highest BCUT2D eigenvalue weighted by molar-refractivity contribution is 9.10. The van der Waals surface area contributed by atoms with Crippen LogP contribution in [0.2, 0.25) is 5.15 Å². The lowest BCUT2D eigenvalue weighted by Crippen LogP contribution is -2.13. The molecule has 1 aromatic heterocycles. The molecule has 1 heterocycles. The minimum Gasteiger partial charge on any atom is -0.321 e. The fourth-order valence-electron chi connectivity index (χ4n) is 1.30. The summed E-state index contributed by atoms with van der Waals surface area (Å²) in [6, 6.07) is 12.2. The predicted molar refractivity (Wildman–Crippen MR) is 71.3 cm³/mol. The molecule has 1 N–H and O–H groups in total. The molecule has 5 heteroatoms. The molecule has 2 rings (SSSR count). The summed E-state index contributed by atoms with van der Waals surface area (Å²) in [4.78, 5) is 15.8. The molecule has 1 aromatic carbocycles. The molecular formula is C12H8BrClN2O. The molecule has 86 valence electrons. The van der Waals surface area contributed by atoms with Crippen molar-refractivity contribution in [2.75, 3.05) is 5.32 Å². The number of halogens is 2. The topological polar surface area (TPSA) is 42.0 Å². The molecule has 0 aliphatic carbocycles. The Kier molecular flexibility index (Phi) is 3.76. The predicted octanol–water partition coefficient (Wildman–Crippen LogP) is 3.75. The van der Waals surface area contributed by atoms with Gasteiger partial charge in [0.25, 0.3) is 5.91 Å². The number of aromatic nitrogens is 1. The monoisotopic (exact) mass is 310 g/mol. The summed E-state index contributed by atoms with van der Waals surface area (Å²) in [5.41, 5.74) is 0.989. The fraction of sp³-hybridized carbons (Fsp3) is 0. The number of hydrogen-bond donors (Lipinski definition) is 1. The summed E-state index contributed by atoms with van der Waals surface area (Å²) in [6.07, 6.45) is 0. The molecule has 0 aliphatic heterocycles. The second-order valence-electron chi connectivity index (χ2n) is 3.31. The molecule has 17 heavy (non-hydrogen) atoms. The summed E-state index contributed by atoms with van der Waals surface area (Å²) >= 11 is 9.05. The Labute approximate surface area is 112 Å². The van der Waals surface area contributed by atoms with Gasteiger partial charge in [0.2, 0.25) is 0 Å². The number of nitrogens with one attached hydrogen (secondary N) is 1. The normalized spacial score (nSPS) is 10.0. The van der Waals surface area contributed by atoms with Gasteiger partial charge < -0.3 is 5.32 Å². The van der Waals surface area contributed by atoms with Crippen LogP contribution in [0.5, 0.6) is 0 Å². The van der Waals surface area contributed by atoms with Crippen molar-refractivity contribution in [3.8, 4) is 0 Å². The molecule has 0 unspecified atom stereocenters. The number of benzene rings is 1. The molecule has 0 saturated carbocycles. The van der Waals surface area contributed by atoms with Crippen LogP contribution in [-0.4, -0.2) is 10.9 Å². The van der Waals surface area contributed by atoms with Crippen molar-refractivity contribution in [1.82, 2.24) is 4.98 Å². The molecule has 2 aromatic rings. The fourth-order valence-corrected chi connectivity index (χ4v) is 1.86. The lowest BCUT2D eigenvalue weighted by Gasteiger charge is -2.05. The van der Waals surface area contributed by atoms with Crippen LogP contribution in [0.3, 0.4) is 0 Å². The number of pyridine rings is 1. The third-order valence-electron chi connectivity index (χ3n) is 2.03. The summed E-state index contributed by atoms with van der Waals surface area (Å²) < 4.78 is 0.898. The first-order chi connectivity index (χ1) is 8.15.